The van der Waals surface area contributed by atoms with Gasteiger partial charge in [0, 0.05) is 66.1 Å². The van der Waals surface area contributed by atoms with E-state index in [1.165, 1.54) is 7.11 Å². The van der Waals surface area contributed by atoms with E-state index in [-0.39, 0.29) is 38.4 Å². The van der Waals surface area contributed by atoms with Crippen molar-refractivity contribution in [3.05, 3.63) is 0 Å². The third-order valence-electron chi connectivity index (χ3n) is 7.21. The van der Waals surface area contributed by atoms with Crippen LogP contribution in [0.2, 0.25) is 0 Å². The minimum atomic E-state index is -1.33. The van der Waals surface area contributed by atoms with E-state index < -0.39 is 87.8 Å². The van der Waals surface area contributed by atoms with Gasteiger partial charge in [-0.25, -0.2) is 14.4 Å². The Morgan fingerprint density at radius 3 is 1.90 bits per heavy atom. The topological polar surface area (TPSA) is 161 Å². The molecule has 2 aliphatic rings. The number of carbonyl (C=O) groups is 5. The predicted octanol–water partition coefficient (Wildman–Crippen LogP) is 4.21. The monoisotopic (exact) mass is 672 g/mol. The van der Waals surface area contributed by atoms with Gasteiger partial charge in [0.1, 0.15) is 18.1 Å². The number of alkyl halides is 1. The maximum Gasteiger partial charge on any atom is 0.404 e. The van der Waals surface area contributed by atoms with Gasteiger partial charge in [-0.3, -0.25) is 9.59 Å². The van der Waals surface area contributed by atoms with Crippen LogP contribution >= 0.6 is 58.0 Å². The predicted molar refractivity (Wildman–Crippen MR) is 141 cm³/mol. The Morgan fingerprint density at radius 2 is 1.38 bits per heavy atom. The molecule has 0 bridgehead atoms. The molecule has 12 nitrogen and oxygen atoms in total. The molecule has 2 rings (SSSR count). The standard InChI is InChI=1S/C23H29Cl5O12/c1-9-10(7-36-16(30)6-24)3-14(20(17(9)31)40-23(28)34)38-18-11(8-37-21(26)32)4-13(35-2)12(5-15(25)29)19(18)39-22(27)33/h9-14,17-20,31H,3-8H2,1-2H3. The molecule has 2 fully saturated rings. The summed E-state index contributed by atoms with van der Waals surface area (Å²) in [5, 5.41) is 10.3. The lowest BCUT2D eigenvalue weighted by Gasteiger charge is -2.48. The molecule has 0 aromatic rings. The quantitative estimate of drug-likeness (QED) is 0.136. The number of hydrogen-bond donors (Lipinski definition) is 1. The number of methoxy groups -OCH3 is 1. The second kappa shape index (κ2) is 16.5. The highest BCUT2D eigenvalue weighted by Crippen LogP contribution is 2.42. The summed E-state index contributed by atoms with van der Waals surface area (Å²) >= 11 is 27.6. The van der Waals surface area contributed by atoms with E-state index in [0.717, 1.165) is 0 Å². The molecule has 0 aromatic carbocycles. The third kappa shape index (κ3) is 10.0. The van der Waals surface area contributed by atoms with Crippen molar-refractivity contribution in [3.8, 4) is 0 Å². The molecule has 2 aliphatic carbocycles. The molecule has 228 valence electrons. The number of aliphatic hydroxyl groups is 1. The maximum atomic E-state index is 11.9. The number of carbonyl (C=O) groups excluding carboxylic acids is 5. The van der Waals surface area contributed by atoms with Crippen LogP contribution in [-0.2, 0) is 38.0 Å². The van der Waals surface area contributed by atoms with E-state index in [0.29, 0.717) is 0 Å². The van der Waals surface area contributed by atoms with Crippen molar-refractivity contribution in [2.75, 3.05) is 26.2 Å². The third-order valence-corrected chi connectivity index (χ3v) is 7.87. The van der Waals surface area contributed by atoms with Crippen molar-refractivity contribution < 1.29 is 57.5 Å². The average molecular weight is 675 g/mol. The first-order valence-electron chi connectivity index (χ1n) is 12.1. The normalized spacial score (nSPS) is 33.9. The van der Waals surface area contributed by atoms with Gasteiger partial charge in [0.05, 0.1) is 31.5 Å². The summed E-state index contributed by atoms with van der Waals surface area (Å²) in [5.74, 6) is -3.73. The van der Waals surface area contributed by atoms with Gasteiger partial charge in [-0.05, 0) is 30.4 Å². The van der Waals surface area contributed by atoms with Crippen LogP contribution in [0.15, 0.2) is 0 Å². The average Bonchev–Trinajstić information content (AvgIpc) is 2.87. The first kappa shape index (κ1) is 35.1. The van der Waals surface area contributed by atoms with E-state index in [4.69, 9.17) is 86.4 Å². The highest BCUT2D eigenvalue weighted by molar-refractivity contribution is 6.63. The van der Waals surface area contributed by atoms with E-state index in [2.05, 4.69) is 0 Å². The van der Waals surface area contributed by atoms with E-state index in [1.807, 2.05) is 0 Å². The van der Waals surface area contributed by atoms with Gasteiger partial charge in [-0.15, -0.1) is 11.6 Å². The minimum absolute atomic E-state index is 0.0650. The summed E-state index contributed by atoms with van der Waals surface area (Å²) in [6.07, 6.45) is -7.04. The van der Waals surface area contributed by atoms with Crippen LogP contribution in [0.25, 0.3) is 0 Å². The second-order valence-corrected chi connectivity index (χ2v) is 11.1. The van der Waals surface area contributed by atoms with Gasteiger partial charge < -0.3 is 33.5 Å². The van der Waals surface area contributed by atoms with Crippen LogP contribution < -0.4 is 0 Å². The van der Waals surface area contributed by atoms with Gasteiger partial charge in [0.2, 0.25) is 5.24 Å². The molecule has 0 spiro atoms. The Bertz CT molecular complexity index is 923. The van der Waals surface area contributed by atoms with Crippen LogP contribution in [0.5, 0.6) is 0 Å². The molecule has 10 atom stereocenters. The van der Waals surface area contributed by atoms with Gasteiger partial charge in [-0.2, -0.15) is 0 Å². The zero-order valence-electron chi connectivity index (χ0n) is 21.3. The summed E-state index contributed by atoms with van der Waals surface area (Å²) in [7, 11) is 1.36. The van der Waals surface area contributed by atoms with Crippen molar-refractivity contribution in [1.82, 2.24) is 0 Å². The number of halogens is 5. The second-order valence-electron chi connectivity index (χ2n) is 9.48. The lowest BCUT2D eigenvalue weighted by Crippen LogP contribution is -2.59. The highest BCUT2D eigenvalue weighted by Gasteiger charge is 2.53. The smallest absolute Gasteiger partial charge is 0.404 e. The fourth-order valence-electron chi connectivity index (χ4n) is 5.31. The lowest BCUT2D eigenvalue weighted by molar-refractivity contribution is -0.220. The zero-order chi connectivity index (χ0) is 30.1. The number of ether oxygens (including phenoxy) is 6. The van der Waals surface area contributed by atoms with Crippen molar-refractivity contribution >= 4 is 85.5 Å². The zero-order valence-corrected chi connectivity index (χ0v) is 25.1. The van der Waals surface area contributed by atoms with Crippen molar-refractivity contribution in [2.24, 2.45) is 23.7 Å². The SMILES string of the molecule is COC1CC(COC(=O)Cl)C(OC2CC(COC(=O)CCl)C(C)C(O)C2OC(=O)Cl)C(OC(=O)Cl)C1CC(=O)Cl. The first-order chi connectivity index (χ1) is 18.8. The fraction of sp³-hybridized carbons (Fsp3) is 0.783. The Morgan fingerprint density at radius 1 is 0.800 bits per heavy atom. The molecular formula is C23H29Cl5O12. The Kier molecular flexibility index (Phi) is 14.5. The molecule has 0 saturated heterocycles. The number of aliphatic hydroxyl groups excluding tert-OH is 1. The summed E-state index contributed by atoms with van der Waals surface area (Å²) in [4.78, 5) is 58.6. The molecule has 2 saturated carbocycles. The van der Waals surface area contributed by atoms with Crippen LogP contribution in [0.3, 0.4) is 0 Å². The van der Waals surface area contributed by atoms with Crippen molar-refractivity contribution in [1.29, 1.82) is 0 Å². The van der Waals surface area contributed by atoms with Crippen LogP contribution in [0.1, 0.15) is 26.2 Å². The number of esters is 1. The van der Waals surface area contributed by atoms with Crippen molar-refractivity contribution in [2.45, 2.75) is 62.8 Å². The maximum absolute atomic E-state index is 11.9. The van der Waals surface area contributed by atoms with Gasteiger partial charge in [0.25, 0.3) is 0 Å². The molecule has 17 heteroatoms. The molecule has 1 N–H and O–H groups in total. The summed E-state index contributed by atoms with van der Waals surface area (Å²) in [6, 6.07) is 0. The van der Waals surface area contributed by atoms with E-state index in [1.54, 1.807) is 6.92 Å². The molecule has 0 aromatic heterocycles. The molecule has 0 heterocycles. The Labute approximate surface area is 255 Å². The van der Waals surface area contributed by atoms with E-state index in [9.17, 15) is 29.1 Å². The van der Waals surface area contributed by atoms with Crippen LogP contribution in [-0.4, -0.2) is 95.4 Å². The van der Waals surface area contributed by atoms with Gasteiger partial charge >= 0.3 is 22.3 Å². The first-order valence-corrected chi connectivity index (χ1v) is 14.1. The summed E-state index contributed by atoms with van der Waals surface area (Å²) in [6.45, 7) is 1.19. The van der Waals surface area contributed by atoms with Crippen LogP contribution in [0, 0.1) is 23.7 Å². The van der Waals surface area contributed by atoms with E-state index >= 15 is 0 Å². The molecular weight excluding hydrogens is 646 g/mol. The summed E-state index contributed by atoms with van der Waals surface area (Å²) < 4.78 is 32.6. The minimum Gasteiger partial charge on any atom is -0.464 e. The van der Waals surface area contributed by atoms with Crippen LogP contribution in [0.4, 0.5) is 14.4 Å². The van der Waals surface area contributed by atoms with Gasteiger partial charge in [-0.1, -0.05) is 6.92 Å². The summed E-state index contributed by atoms with van der Waals surface area (Å²) in [5.41, 5.74) is -3.57. The molecule has 0 amide bonds. The fourth-order valence-corrected chi connectivity index (χ4v) is 5.84. The number of hydrogen-bond acceptors (Lipinski definition) is 12. The molecule has 0 radical (unpaired) electrons. The lowest BCUT2D eigenvalue weighted by atomic mass is 9.73. The molecule has 0 aliphatic heterocycles. The molecule has 10 unspecified atom stereocenters. The Balaban J connectivity index is 2.50. The number of rotatable bonds is 12. The molecule has 40 heavy (non-hydrogen) atoms. The Hall–Kier alpha value is -1.12. The largest absolute Gasteiger partial charge is 0.464 e. The highest BCUT2D eigenvalue weighted by atomic mass is 35.5. The van der Waals surface area contributed by atoms with Crippen molar-refractivity contribution in [3.63, 3.8) is 0 Å². The van der Waals surface area contributed by atoms with Gasteiger partial charge in [0.15, 0.2) is 6.10 Å².